The number of para-hydroxylation sites is 1. The van der Waals surface area contributed by atoms with E-state index in [1.807, 2.05) is 25.1 Å². The lowest BCUT2D eigenvalue weighted by atomic mass is 10.2. The van der Waals surface area contributed by atoms with E-state index >= 15 is 0 Å². The van der Waals surface area contributed by atoms with Gasteiger partial charge in [-0.15, -0.1) is 11.3 Å². The highest BCUT2D eigenvalue weighted by molar-refractivity contribution is 7.14. The molecule has 0 spiro atoms. The average molecular weight is 396 g/mol. The summed E-state index contributed by atoms with van der Waals surface area (Å²) in [7, 11) is 0. The molecule has 8 heteroatoms. The molecule has 28 heavy (non-hydrogen) atoms. The molecule has 0 unspecified atom stereocenters. The smallest absolute Gasteiger partial charge is 0.325 e. The van der Waals surface area contributed by atoms with Crippen LogP contribution >= 0.6 is 11.3 Å². The predicted octanol–water partition coefficient (Wildman–Crippen LogP) is 4.37. The summed E-state index contributed by atoms with van der Waals surface area (Å²) in [5.74, 6) is 0.569. The molecule has 0 aliphatic rings. The lowest BCUT2D eigenvalue weighted by Crippen LogP contribution is -2.19. The number of nitrogens with one attached hydrogen (secondary N) is 3. The second kappa shape index (κ2) is 9.52. The third-order valence-electron chi connectivity index (χ3n) is 3.59. The minimum Gasteiger partial charge on any atom is -0.494 e. The average Bonchev–Trinajstić information content (AvgIpc) is 3.10. The van der Waals surface area contributed by atoms with Crippen molar-refractivity contribution in [2.75, 3.05) is 22.6 Å². The minimum atomic E-state index is -0.383. The van der Waals surface area contributed by atoms with Crippen LogP contribution in [0.15, 0.2) is 60.0 Å². The molecule has 144 valence electrons. The zero-order valence-corrected chi connectivity index (χ0v) is 16.1. The summed E-state index contributed by atoms with van der Waals surface area (Å²) >= 11 is 1.26. The van der Waals surface area contributed by atoms with Gasteiger partial charge in [-0.3, -0.25) is 10.1 Å². The molecule has 0 saturated heterocycles. The monoisotopic (exact) mass is 396 g/mol. The Morgan fingerprint density at radius 2 is 1.68 bits per heavy atom. The van der Waals surface area contributed by atoms with Crippen LogP contribution in [0, 0.1) is 0 Å². The van der Waals surface area contributed by atoms with E-state index in [1.54, 1.807) is 41.8 Å². The van der Waals surface area contributed by atoms with Crippen LogP contribution in [0.2, 0.25) is 0 Å². The molecular weight excluding hydrogens is 376 g/mol. The molecule has 1 heterocycles. The van der Waals surface area contributed by atoms with Crippen LogP contribution in [0.25, 0.3) is 0 Å². The molecule has 0 saturated carbocycles. The van der Waals surface area contributed by atoms with Crippen LogP contribution in [0.1, 0.15) is 12.6 Å². The van der Waals surface area contributed by atoms with Crippen molar-refractivity contribution in [3.05, 3.63) is 65.7 Å². The highest BCUT2D eigenvalue weighted by Gasteiger charge is 2.10. The number of nitrogens with zero attached hydrogens (tertiary/aromatic N) is 1. The molecule has 3 N–H and O–H groups in total. The van der Waals surface area contributed by atoms with Gasteiger partial charge in [-0.2, -0.15) is 0 Å². The van der Waals surface area contributed by atoms with Gasteiger partial charge >= 0.3 is 6.03 Å². The van der Waals surface area contributed by atoms with E-state index < -0.39 is 0 Å². The van der Waals surface area contributed by atoms with E-state index in [2.05, 4.69) is 20.9 Å². The van der Waals surface area contributed by atoms with Crippen LogP contribution in [0.4, 0.5) is 21.3 Å². The lowest BCUT2D eigenvalue weighted by molar-refractivity contribution is -0.115. The molecular formula is C20H20N4O3S. The number of ether oxygens (including phenoxy) is 1. The molecule has 3 aromatic rings. The van der Waals surface area contributed by atoms with Crippen molar-refractivity contribution in [3.63, 3.8) is 0 Å². The number of carbonyl (C=O) groups is 2. The number of rotatable bonds is 7. The Hall–Kier alpha value is -3.39. The standard InChI is InChI=1S/C20H20N4O3S/c1-2-27-17-10-8-15(9-11-17)21-18(25)12-16-13-28-20(23-16)24-19(26)22-14-6-4-3-5-7-14/h3-11,13H,2,12H2,1H3,(H,21,25)(H2,22,23,24,26). The van der Waals surface area contributed by atoms with Gasteiger partial charge < -0.3 is 15.4 Å². The van der Waals surface area contributed by atoms with Gasteiger partial charge in [0.2, 0.25) is 5.91 Å². The fraction of sp³-hybridized carbons (Fsp3) is 0.150. The first-order valence-electron chi connectivity index (χ1n) is 8.72. The van der Waals surface area contributed by atoms with Crippen molar-refractivity contribution in [3.8, 4) is 5.75 Å². The second-order valence-corrected chi connectivity index (χ2v) is 6.63. The SMILES string of the molecule is CCOc1ccc(NC(=O)Cc2csc(NC(=O)Nc3ccccc3)n2)cc1. The van der Waals surface area contributed by atoms with Gasteiger partial charge in [0.1, 0.15) is 5.75 Å². The van der Waals surface area contributed by atoms with Crippen LogP contribution in [-0.4, -0.2) is 23.5 Å². The maximum Gasteiger partial charge on any atom is 0.325 e. The quantitative estimate of drug-likeness (QED) is 0.553. The van der Waals surface area contributed by atoms with Crippen molar-refractivity contribution in [1.82, 2.24) is 4.98 Å². The second-order valence-electron chi connectivity index (χ2n) is 5.77. The largest absolute Gasteiger partial charge is 0.494 e. The number of aromatic nitrogens is 1. The summed E-state index contributed by atoms with van der Waals surface area (Å²) in [5, 5.41) is 10.4. The topological polar surface area (TPSA) is 92.4 Å². The van der Waals surface area contributed by atoms with Crippen LogP contribution < -0.4 is 20.7 Å². The van der Waals surface area contributed by atoms with E-state index in [0.29, 0.717) is 28.8 Å². The van der Waals surface area contributed by atoms with Gasteiger partial charge in [-0.05, 0) is 43.3 Å². The Morgan fingerprint density at radius 3 is 2.39 bits per heavy atom. The van der Waals surface area contributed by atoms with Gasteiger partial charge in [-0.25, -0.2) is 9.78 Å². The predicted molar refractivity (Wildman–Crippen MR) is 111 cm³/mol. The maximum absolute atomic E-state index is 12.2. The number of anilines is 3. The zero-order valence-electron chi connectivity index (χ0n) is 15.3. The first kappa shape index (κ1) is 19.4. The number of amides is 3. The maximum atomic E-state index is 12.2. The van der Waals surface area contributed by atoms with Crippen LogP contribution in [-0.2, 0) is 11.2 Å². The molecule has 7 nitrogen and oxygen atoms in total. The Morgan fingerprint density at radius 1 is 0.964 bits per heavy atom. The molecule has 0 fully saturated rings. The van der Waals surface area contributed by atoms with Crippen LogP contribution in [0.3, 0.4) is 0 Å². The summed E-state index contributed by atoms with van der Waals surface area (Å²) < 4.78 is 5.37. The summed E-state index contributed by atoms with van der Waals surface area (Å²) in [6.07, 6.45) is 0.117. The normalized spacial score (nSPS) is 10.2. The van der Waals surface area contributed by atoms with Crippen molar-refractivity contribution in [2.45, 2.75) is 13.3 Å². The van der Waals surface area contributed by atoms with Crippen molar-refractivity contribution < 1.29 is 14.3 Å². The van der Waals surface area contributed by atoms with Crippen molar-refractivity contribution in [2.24, 2.45) is 0 Å². The van der Waals surface area contributed by atoms with E-state index in [9.17, 15) is 9.59 Å². The fourth-order valence-corrected chi connectivity index (χ4v) is 3.10. The third-order valence-corrected chi connectivity index (χ3v) is 4.40. The molecule has 1 aromatic heterocycles. The minimum absolute atomic E-state index is 0.117. The number of hydrogen-bond acceptors (Lipinski definition) is 5. The molecule has 0 aliphatic carbocycles. The van der Waals surface area contributed by atoms with E-state index in [4.69, 9.17) is 4.74 Å². The molecule has 2 aromatic carbocycles. The fourth-order valence-electron chi connectivity index (χ4n) is 2.40. The van der Waals surface area contributed by atoms with Crippen molar-refractivity contribution >= 4 is 39.8 Å². The van der Waals surface area contributed by atoms with Gasteiger partial charge in [0.25, 0.3) is 0 Å². The Balaban J connectivity index is 1.49. The first-order valence-corrected chi connectivity index (χ1v) is 9.60. The molecule has 0 atom stereocenters. The Labute approximate surface area is 166 Å². The molecule has 0 radical (unpaired) electrons. The number of urea groups is 1. The Kier molecular flexibility index (Phi) is 6.59. The van der Waals surface area contributed by atoms with E-state index in [-0.39, 0.29) is 18.4 Å². The third kappa shape index (κ3) is 5.82. The van der Waals surface area contributed by atoms with E-state index in [1.165, 1.54) is 11.3 Å². The number of benzene rings is 2. The molecule has 3 rings (SSSR count). The Bertz CT molecular complexity index is 926. The summed E-state index contributed by atoms with van der Waals surface area (Å²) in [6, 6.07) is 15.9. The first-order chi connectivity index (χ1) is 13.6. The summed E-state index contributed by atoms with van der Waals surface area (Å²) in [5.41, 5.74) is 1.96. The molecule has 0 bridgehead atoms. The van der Waals surface area contributed by atoms with Gasteiger partial charge in [0.15, 0.2) is 5.13 Å². The molecule has 3 amide bonds. The van der Waals surface area contributed by atoms with Gasteiger partial charge in [-0.1, -0.05) is 18.2 Å². The van der Waals surface area contributed by atoms with Crippen molar-refractivity contribution in [1.29, 1.82) is 0 Å². The van der Waals surface area contributed by atoms with Gasteiger partial charge in [0.05, 0.1) is 18.7 Å². The van der Waals surface area contributed by atoms with Gasteiger partial charge in [0, 0.05) is 16.8 Å². The number of thiazole rings is 1. The highest BCUT2D eigenvalue weighted by atomic mass is 32.1. The summed E-state index contributed by atoms with van der Waals surface area (Å²) in [4.78, 5) is 28.4. The van der Waals surface area contributed by atoms with E-state index in [0.717, 1.165) is 5.75 Å². The number of carbonyl (C=O) groups excluding carboxylic acids is 2. The van der Waals surface area contributed by atoms with Crippen LogP contribution in [0.5, 0.6) is 5.75 Å². The highest BCUT2D eigenvalue weighted by Crippen LogP contribution is 2.18. The summed E-state index contributed by atoms with van der Waals surface area (Å²) in [6.45, 7) is 2.51. The molecule has 0 aliphatic heterocycles. The lowest BCUT2D eigenvalue weighted by Gasteiger charge is -2.06. The zero-order chi connectivity index (χ0) is 19.8. The number of hydrogen-bond donors (Lipinski definition) is 3.